The minimum absolute atomic E-state index is 0.591. The van der Waals surface area contributed by atoms with Crippen LogP contribution < -0.4 is 10.1 Å². The molecule has 3 heteroatoms. The Kier molecular flexibility index (Phi) is 4.83. The molecule has 0 saturated carbocycles. The van der Waals surface area contributed by atoms with Crippen LogP contribution >= 0.6 is 0 Å². The maximum absolute atomic E-state index is 5.72. The smallest absolute Gasteiger partial charge is 0.145 e. The third-order valence-electron chi connectivity index (χ3n) is 3.14. The van der Waals surface area contributed by atoms with Crippen LogP contribution in [-0.4, -0.2) is 18.1 Å². The molecule has 3 nitrogen and oxygen atoms in total. The molecule has 2 rings (SSSR count). The lowest BCUT2D eigenvalue weighted by Gasteiger charge is -2.14. The first-order valence-electron chi connectivity index (χ1n) is 7.45. The molecule has 0 unspecified atom stereocenters. The molecule has 0 fully saturated rings. The first kappa shape index (κ1) is 14.6. The molecule has 1 aromatic heterocycles. The number of anilines is 1. The zero-order valence-corrected chi connectivity index (χ0v) is 12.9. The number of nitrogens with one attached hydrogen (secondary N) is 1. The number of para-hydroxylation sites is 1. The molecule has 0 atom stereocenters. The van der Waals surface area contributed by atoms with Crippen molar-refractivity contribution in [3.8, 4) is 5.75 Å². The number of rotatable bonds is 6. The monoisotopic (exact) mass is 272 g/mol. The Morgan fingerprint density at radius 1 is 1.25 bits per heavy atom. The highest BCUT2D eigenvalue weighted by atomic mass is 16.5. The van der Waals surface area contributed by atoms with Gasteiger partial charge in [-0.2, -0.15) is 0 Å². The molecular weight excluding hydrogens is 248 g/mol. The van der Waals surface area contributed by atoms with Gasteiger partial charge in [0, 0.05) is 23.3 Å². The molecular formula is C17H24N2O. The summed E-state index contributed by atoms with van der Waals surface area (Å²) >= 11 is 0. The quantitative estimate of drug-likeness (QED) is 0.853. The van der Waals surface area contributed by atoms with E-state index in [0.29, 0.717) is 12.5 Å². The largest absolute Gasteiger partial charge is 0.492 e. The Hall–Kier alpha value is -1.77. The second-order valence-electron chi connectivity index (χ2n) is 5.37. The first-order chi connectivity index (χ1) is 9.65. The predicted molar refractivity (Wildman–Crippen MR) is 85.6 cm³/mol. The third-order valence-corrected chi connectivity index (χ3v) is 3.14. The summed E-state index contributed by atoms with van der Waals surface area (Å²) in [5, 5.41) is 4.57. The molecule has 2 aromatic rings. The standard InChI is InChI=1S/C17H24N2O/c1-5-18-15-11-13(10-12(3)4)19-17-14(15)8-7-9-16(17)20-6-2/h7-9,11-12H,5-6,10H2,1-4H3,(H,18,19). The van der Waals surface area contributed by atoms with Crippen molar-refractivity contribution < 1.29 is 4.74 Å². The number of aromatic nitrogens is 1. The summed E-state index contributed by atoms with van der Waals surface area (Å²) in [4.78, 5) is 4.81. The molecule has 0 bridgehead atoms. The first-order valence-corrected chi connectivity index (χ1v) is 7.45. The fourth-order valence-corrected chi connectivity index (χ4v) is 2.41. The van der Waals surface area contributed by atoms with Crippen molar-refractivity contribution >= 4 is 16.6 Å². The molecule has 0 spiro atoms. The highest BCUT2D eigenvalue weighted by Gasteiger charge is 2.10. The Bertz CT molecular complexity index is 578. The van der Waals surface area contributed by atoms with Crippen LogP contribution in [0.3, 0.4) is 0 Å². The van der Waals surface area contributed by atoms with Gasteiger partial charge >= 0.3 is 0 Å². The number of benzene rings is 1. The average molecular weight is 272 g/mol. The van der Waals surface area contributed by atoms with Crippen LogP contribution in [0.5, 0.6) is 5.75 Å². The van der Waals surface area contributed by atoms with Gasteiger partial charge < -0.3 is 10.1 Å². The summed E-state index contributed by atoms with van der Waals surface area (Å²) in [6.07, 6.45) is 0.981. The van der Waals surface area contributed by atoms with Gasteiger partial charge in [-0.25, -0.2) is 4.98 Å². The molecule has 1 heterocycles. The molecule has 1 aromatic carbocycles. The number of fused-ring (bicyclic) bond motifs is 1. The van der Waals surface area contributed by atoms with E-state index in [9.17, 15) is 0 Å². The molecule has 0 aliphatic carbocycles. The summed E-state index contributed by atoms with van der Waals surface area (Å²) in [5.74, 6) is 1.46. The molecule has 0 amide bonds. The van der Waals surface area contributed by atoms with Crippen molar-refractivity contribution in [1.82, 2.24) is 4.98 Å². The summed E-state index contributed by atoms with van der Waals surface area (Å²) in [6, 6.07) is 8.29. The number of ether oxygens (including phenoxy) is 1. The molecule has 0 saturated heterocycles. The van der Waals surface area contributed by atoms with Gasteiger partial charge in [0.15, 0.2) is 0 Å². The predicted octanol–water partition coefficient (Wildman–Crippen LogP) is 4.26. The van der Waals surface area contributed by atoms with Crippen LogP contribution in [-0.2, 0) is 6.42 Å². The fraction of sp³-hybridized carbons (Fsp3) is 0.471. The molecule has 1 N–H and O–H groups in total. The maximum atomic E-state index is 5.72. The molecule has 0 aliphatic heterocycles. The van der Waals surface area contributed by atoms with E-state index in [1.165, 1.54) is 0 Å². The number of pyridine rings is 1. The van der Waals surface area contributed by atoms with Crippen LogP contribution in [0.4, 0.5) is 5.69 Å². The third kappa shape index (κ3) is 3.21. The topological polar surface area (TPSA) is 34.2 Å². The van der Waals surface area contributed by atoms with Crippen molar-refractivity contribution in [1.29, 1.82) is 0 Å². The number of hydrogen-bond acceptors (Lipinski definition) is 3. The lowest BCUT2D eigenvalue weighted by molar-refractivity contribution is 0.343. The molecule has 20 heavy (non-hydrogen) atoms. The minimum atomic E-state index is 0.591. The highest BCUT2D eigenvalue weighted by molar-refractivity contribution is 5.95. The van der Waals surface area contributed by atoms with E-state index in [0.717, 1.165) is 41.0 Å². The summed E-state index contributed by atoms with van der Waals surface area (Å²) < 4.78 is 5.72. The van der Waals surface area contributed by atoms with Gasteiger partial charge in [0.1, 0.15) is 11.3 Å². The lowest BCUT2D eigenvalue weighted by atomic mass is 10.0. The second kappa shape index (κ2) is 6.60. The van der Waals surface area contributed by atoms with E-state index in [1.807, 2.05) is 19.1 Å². The normalized spacial score (nSPS) is 11.1. The van der Waals surface area contributed by atoms with E-state index < -0.39 is 0 Å². The molecule has 108 valence electrons. The Labute approximate surface area is 121 Å². The van der Waals surface area contributed by atoms with Gasteiger partial charge in [-0.05, 0) is 38.3 Å². The SMILES string of the molecule is CCNc1cc(CC(C)C)nc2c(OCC)cccc12. The Morgan fingerprint density at radius 3 is 2.70 bits per heavy atom. The van der Waals surface area contributed by atoms with Crippen LogP contribution in [0.15, 0.2) is 24.3 Å². The van der Waals surface area contributed by atoms with E-state index in [4.69, 9.17) is 9.72 Å². The zero-order chi connectivity index (χ0) is 14.5. The molecule has 0 aliphatic rings. The van der Waals surface area contributed by atoms with Crippen molar-refractivity contribution in [2.45, 2.75) is 34.1 Å². The van der Waals surface area contributed by atoms with E-state index in [-0.39, 0.29) is 0 Å². The summed E-state index contributed by atoms with van der Waals surface area (Å²) in [7, 11) is 0. The van der Waals surface area contributed by atoms with Crippen LogP contribution in [0.25, 0.3) is 10.9 Å². The van der Waals surface area contributed by atoms with Gasteiger partial charge in [-0.1, -0.05) is 26.0 Å². The zero-order valence-electron chi connectivity index (χ0n) is 12.9. The Morgan fingerprint density at radius 2 is 2.05 bits per heavy atom. The Balaban J connectivity index is 2.58. The second-order valence-corrected chi connectivity index (χ2v) is 5.37. The van der Waals surface area contributed by atoms with E-state index in [1.54, 1.807) is 0 Å². The fourth-order valence-electron chi connectivity index (χ4n) is 2.41. The van der Waals surface area contributed by atoms with Gasteiger partial charge in [-0.3, -0.25) is 0 Å². The van der Waals surface area contributed by atoms with Crippen molar-refractivity contribution in [3.63, 3.8) is 0 Å². The maximum Gasteiger partial charge on any atom is 0.145 e. The van der Waals surface area contributed by atoms with Crippen LogP contribution in [0.1, 0.15) is 33.4 Å². The highest BCUT2D eigenvalue weighted by Crippen LogP contribution is 2.30. The van der Waals surface area contributed by atoms with E-state index >= 15 is 0 Å². The van der Waals surface area contributed by atoms with Crippen molar-refractivity contribution in [2.24, 2.45) is 5.92 Å². The summed E-state index contributed by atoms with van der Waals surface area (Å²) in [6.45, 7) is 10.1. The number of nitrogens with zero attached hydrogens (tertiary/aromatic N) is 1. The minimum Gasteiger partial charge on any atom is -0.492 e. The molecule has 0 radical (unpaired) electrons. The van der Waals surface area contributed by atoms with Gasteiger partial charge in [0.25, 0.3) is 0 Å². The van der Waals surface area contributed by atoms with Crippen molar-refractivity contribution in [3.05, 3.63) is 30.0 Å². The summed E-state index contributed by atoms with van der Waals surface area (Å²) in [5.41, 5.74) is 3.23. The van der Waals surface area contributed by atoms with E-state index in [2.05, 4.69) is 38.2 Å². The average Bonchev–Trinajstić information content (AvgIpc) is 2.39. The van der Waals surface area contributed by atoms with Gasteiger partial charge in [0.05, 0.1) is 6.61 Å². The van der Waals surface area contributed by atoms with Crippen LogP contribution in [0, 0.1) is 5.92 Å². The van der Waals surface area contributed by atoms with Crippen LogP contribution in [0.2, 0.25) is 0 Å². The lowest BCUT2D eigenvalue weighted by Crippen LogP contribution is -2.04. The van der Waals surface area contributed by atoms with Crippen molar-refractivity contribution in [2.75, 3.05) is 18.5 Å². The number of hydrogen-bond donors (Lipinski definition) is 1. The van der Waals surface area contributed by atoms with Gasteiger partial charge in [0.2, 0.25) is 0 Å². The van der Waals surface area contributed by atoms with Gasteiger partial charge in [-0.15, -0.1) is 0 Å².